The van der Waals surface area contributed by atoms with Crippen molar-refractivity contribution in [1.29, 1.82) is 0 Å². The first-order chi connectivity index (χ1) is 22.6. The molecule has 0 bridgehead atoms. The first-order valence-corrected chi connectivity index (χ1v) is 22.0. The van der Waals surface area contributed by atoms with Gasteiger partial charge in [0.25, 0.3) is 0 Å². The third-order valence-corrected chi connectivity index (χ3v) is 10.6. The molecule has 0 aliphatic rings. The zero-order valence-electron chi connectivity index (χ0n) is 31.9. The predicted octanol–water partition coefficient (Wildman–Crippen LogP) is 13.3. The maximum absolute atomic E-state index is 12.0. The van der Waals surface area contributed by atoms with E-state index in [2.05, 4.69) is 13.8 Å². The van der Waals surface area contributed by atoms with Crippen molar-refractivity contribution in [1.82, 2.24) is 6.15 Å². The molecule has 0 aromatic heterocycles. The van der Waals surface area contributed by atoms with Crippen LogP contribution < -0.4 is 6.15 Å². The Morgan fingerprint density at radius 2 is 0.681 bits per heavy atom. The maximum Gasteiger partial charge on any atom is 0.399 e. The number of aliphatic hydroxyl groups is 1. The molecule has 0 atom stereocenters. The van der Waals surface area contributed by atoms with Gasteiger partial charge in [0.05, 0.1) is 19.8 Å². The van der Waals surface area contributed by atoms with E-state index in [9.17, 15) is 8.42 Å². The highest BCUT2D eigenvalue weighted by Crippen LogP contribution is 2.22. The van der Waals surface area contributed by atoms with Crippen LogP contribution in [0.2, 0.25) is 0 Å². The number of hydrogen-bond donors (Lipinski definition) is 2. The van der Waals surface area contributed by atoms with Gasteiger partial charge in [-0.3, -0.25) is 0 Å². The van der Waals surface area contributed by atoms with Gasteiger partial charge < -0.3 is 11.3 Å². The molecule has 0 amide bonds. The minimum absolute atomic E-state index is 0. The summed E-state index contributed by atoms with van der Waals surface area (Å²) >= 11 is 0. The van der Waals surface area contributed by atoms with Crippen LogP contribution in [0.5, 0.6) is 0 Å². The van der Waals surface area contributed by atoms with E-state index in [0.717, 1.165) is 25.7 Å². The van der Waals surface area contributed by atoms with Gasteiger partial charge in [-0.15, -0.1) is 0 Å². The van der Waals surface area contributed by atoms with Crippen molar-refractivity contribution < 1.29 is 21.9 Å². The van der Waals surface area contributed by atoms with Gasteiger partial charge in [0.1, 0.15) is 0 Å². The van der Waals surface area contributed by atoms with E-state index in [1.54, 1.807) is 0 Å². The van der Waals surface area contributed by atoms with E-state index in [1.807, 2.05) is 0 Å². The zero-order chi connectivity index (χ0) is 33.7. The van der Waals surface area contributed by atoms with Gasteiger partial charge in [0.2, 0.25) is 0 Å². The Morgan fingerprint density at radius 1 is 0.426 bits per heavy atom. The van der Waals surface area contributed by atoms with E-state index >= 15 is 0 Å². The summed E-state index contributed by atoms with van der Waals surface area (Å²) in [5.41, 5.74) is 0. The molecule has 4 N–H and O–H groups in total. The molecule has 0 aromatic rings. The van der Waals surface area contributed by atoms with Gasteiger partial charge >= 0.3 is 10.4 Å². The highest BCUT2D eigenvalue weighted by molar-refractivity contribution is 7.81. The summed E-state index contributed by atoms with van der Waals surface area (Å²) in [5, 5.41) is 8.88. The van der Waals surface area contributed by atoms with Gasteiger partial charge in [-0.1, -0.05) is 219 Å². The lowest BCUT2D eigenvalue weighted by Crippen LogP contribution is -2.18. The normalized spacial score (nSPS) is 11.8. The summed E-state index contributed by atoms with van der Waals surface area (Å²) in [6.45, 7) is 4.19. The van der Waals surface area contributed by atoms with Crippen LogP contribution in [-0.4, -0.2) is 33.3 Å². The Morgan fingerprint density at radius 3 is 0.936 bits per heavy atom. The molecule has 0 rings (SSSR count). The monoisotopic (exact) mass is 692 g/mol. The van der Waals surface area contributed by atoms with Crippen LogP contribution in [0.1, 0.15) is 232 Å². The van der Waals surface area contributed by atoms with Crippen LogP contribution >= 0.6 is 0 Å². The van der Waals surface area contributed by atoms with E-state index in [4.69, 9.17) is 13.5 Å². The summed E-state index contributed by atoms with van der Waals surface area (Å²) in [4.78, 5) is 0. The smallest absolute Gasteiger partial charge is 0.394 e. The average molecular weight is 692 g/mol. The van der Waals surface area contributed by atoms with Crippen molar-refractivity contribution in [3.05, 3.63) is 0 Å². The third-order valence-electron chi connectivity index (χ3n) is 9.70. The van der Waals surface area contributed by atoms with Crippen LogP contribution in [0.4, 0.5) is 0 Å². The molecule has 0 radical (unpaired) electrons. The Bertz CT molecular complexity index is 640. The second kappa shape index (κ2) is 40.2. The number of unbranched alkanes of at least 4 members (excludes halogenated alkanes) is 30. The number of rotatable bonds is 40. The van der Waals surface area contributed by atoms with Gasteiger partial charge in [-0.25, -0.2) is 8.37 Å². The molecule has 286 valence electrons. The summed E-state index contributed by atoms with van der Waals surface area (Å²) in [6.07, 6.45) is 45.6. The lowest BCUT2D eigenvalue weighted by molar-refractivity contribution is 0.151. The van der Waals surface area contributed by atoms with Gasteiger partial charge in [-0.05, 0) is 18.8 Å². The van der Waals surface area contributed by atoms with Crippen LogP contribution in [0.3, 0.4) is 0 Å². The molecule has 0 aliphatic carbocycles. The number of aliphatic hydroxyl groups excluding tert-OH is 1. The Balaban J connectivity index is 0. The lowest BCUT2D eigenvalue weighted by atomic mass is 9.94. The molecule has 0 spiro atoms. The molecule has 47 heavy (non-hydrogen) atoms. The van der Waals surface area contributed by atoms with E-state index in [0.29, 0.717) is 0 Å². The summed E-state index contributed by atoms with van der Waals surface area (Å²) < 4.78 is 33.9. The molecule has 0 unspecified atom stereocenters. The molecule has 0 aliphatic heterocycles. The van der Waals surface area contributed by atoms with Crippen molar-refractivity contribution in [2.24, 2.45) is 5.92 Å². The topological polar surface area (TPSA) is 108 Å². The van der Waals surface area contributed by atoms with Crippen LogP contribution in [-0.2, 0) is 18.8 Å². The summed E-state index contributed by atoms with van der Waals surface area (Å²) in [7, 11) is -4.02. The Hall–Kier alpha value is -0.210. The molecule has 6 nitrogen and oxygen atoms in total. The molecule has 0 aromatic carbocycles. The van der Waals surface area contributed by atoms with Crippen LogP contribution in [0.25, 0.3) is 0 Å². The molecular weight excluding hydrogens is 607 g/mol. The van der Waals surface area contributed by atoms with Crippen LogP contribution in [0, 0.1) is 5.92 Å². The molecule has 7 heteroatoms. The highest BCUT2D eigenvalue weighted by Gasteiger charge is 2.17. The fourth-order valence-electron chi connectivity index (χ4n) is 6.63. The molecule has 0 heterocycles. The molecule has 0 saturated heterocycles. The van der Waals surface area contributed by atoms with Crippen molar-refractivity contribution in [2.45, 2.75) is 232 Å². The van der Waals surface area contributed by atoms with Gasteiger partial charge in [-0.2, -0.15) is 8.42 Å². The van der Waals surface area contributed by atoms with Gasteiger partial charge in [0, 0.05) is 0 Å². The second-order valence-corrected chi connectivity index (χ2v) is 15.6. The van der Waals surface area contributed by atoms with E-state index < -0.39 is 10.4 Å². The largest absolute Gasteiger partial charge is 0.399 e. The fraction of sp³-hybridized carbons (Fsp3) is 1.00. The van der Waals surface area contributed by atoms with Crippen molar-refractivity contribution >= 4 is 10.4 Å². The third kappa shape index (κ3) is 40.1. The first kappa shape index (κ1) is 48.9. The SMILES string of the molecule is CCCCCCCCCCCCCCCCCCC(CCCCCCCCCCCCCCCCCC)COS(=O)(=O)OCCO.N. The minimum Gasteiger partial charge on any atom is -0.394 e. The fourth-order valence-corrected chi connectivity index (χ4v) is 7.33. The molecule has 0 fully saturated rings. The molecule has 0 saturated carbocycles. The van der Waals surface area contributed by atoms with Crippen molar-refractivity contribution in [3.63, 3.8) is 0 Å². The van der Waals surface area contributed by atoms with Gasteiger partial charge in [0.15, 0.2) is 0 Å². The van der Waals surface area contributed by atoms with Crippen molar-refractivity contribution in [2.75, 3.05) is 19.8 Å². The standard InChI is InChI=1S/C40H82O5S.H3N/c1-3-5-7-9-11-13-15-17-19-21-23-25-27-29-31-33-35-40(39-45-46(42,43)44-38-37-41)36-34-32-30-28-26-24-22-20-18-16-14-12-10-8-6-4-2;/h40-41H,3-39H2,1-2H3;1H3. The quantitative estimate of drug-likeness (QED) is 0.0619. The summed E-state index contributed by atoms with van der Waals surface area (Å²) in [5.74, 6) is 0.255. The predicted molar refractivity (Wildman–Crippen MR) is 205 cm³/mol. The van der Waals surface area contributed by atoms with E-state index in [1.165, 1.54) is 193 Å². The maximum atomic E-state index is 12.0. The minimum atomic E-state index is -4.02. The zero-order valence-corrected chi connectivity index (χ0v) is 32.8. The Labute approximate surface area is 295 Å². The summed E-state index contributed by atoms with van der Waals surface area (Å²) in [6, 6.07) is 0. The van der Waals surface area contributed by atoms with Crippen molar-refractivity contribution in [3.8, 4) is 0 Å². The average Bonchev–Trinajstić information content (AvgIpc) is 3.05. The second-order valence-electron chi connectivity index (χ2n) is 14.3. The first-order valence-electron chi connectivity index (χ1n) is 20.7. The highest BCUT2D eigenvalue weighted by atomic mass is 32.3. The number of hydrogen-bond acceptors (Lipinski definition) is 6. The lowest BCUT2D eigenvalue weighted by Gasteiger charge is -2.17. The Kier molecular flexibility index (Phi) is 41.8. The van der Waals surface area contributed by atoms with Crippen LogP contribution in [0.15, 0.2) is 0 Å². The molecular formula is C40H85NO5S. The van der Waals surface area contributed by atoms with E-state index in [-0.39, 0.29) is 31.9 Å².